The van der Waals surface area contributed by atoms with Crippen molar-refractivity contribution < 1.29 is 17.9 Å². The summed E-state index contributed by atoms with van der Waals surface area (Å²) < 4.78 is 32.7. The number of nitrogens with zero attached hydrogens (tertiary/aromatic N) is 2. The van der Waals surface area contributed by atoms with Gasteiger partial charge in [-0.3, -0.25) is 9.69 Å². The van der Waals surface area contributed by atoms with Crippen LogP contribution in [0.1, 0.15) is 38.2 Å². The van der Waals surface area contributed by atoms with Crippen LogP contribution in [-0.4, -0.2) is 75.5 Å². The highest BCUT2D eigenvalue weighted by atomic mass is 32.2. The summed E-state index contributed by atoms with van der Waals surface area (Å²) in [5.41, 5.74) is 1.12. The van der Waals surface area contributed by atoms with E-state index in [4.69, 9.17) is 4.74 Å². The van der Waals surface area contributed by atoms with E-state index in [1.165, 1.54) is 4.31 Å². The van der Waals surface area contributed by atoms with Gasteiger partial charge in [-0.1, -0.05) is 26.0 Å². The van der Waals surface area contributed by atoms with Crippen molar-refractivity contribution in [1.82, 2.24) is 14.5 Å². The summed E-state index contributed by atoms with van der Waals surface area (Å²) in [6.07, 6.45) is 2.18. The van der Waals surface area contributed by atoms with Crippen molar-refractivity contribution in [3.8, 4) is 0 Å². The first kappa shape index (κ1) is 21.2. The minimum Gasteiger partial charge on any atom is -0.376 e. The topological polar surface area (TPSA) is 79.0 Å². The predicted octanol–water partition coefficient (Wildman–Crippen LogP) is 1.41. The smallest absolute Gasteiger partial charge is 0.243 e. The number of carbonyl (C=O) groups is 1. The Hall–Kier alpha value is -1.48. The molecular formula is C20H31N3O4S. The molecule has 8 heteroatoms. The number of sulfonamides is 1. The zero-order valence-corrected chi connectivity index (χ0v) is 17.6. The van der Waals surface area contributed by atoms with E-state index in [2.05, 4.69) is 19.2 Å². The van der Waals surface area contributed by atoms with Gasteiger partial charge in [0.25, 0.3) is 0 Å². The van der Waals surface area contributed by atoms with Crippen LogP contribution in [0.4, 0.5) is 0 Å². The lowest BCUT2D eigenvalue weighted by Crippen LogP contribution is -2.51. The van der Waals surface area contributed by atoms with Gasteiger partial charge < -0.3 is 10.1 Å². The third-order valence-electron chi connectivity index (χ3n) is 5.43. The summed E-state index contributed by atoms with van der Waals surface area (Å²) in [6, 6.07) is 7.14. The van der Waals surface area contributed by atoms with E-state index in [1.54, 1.807) is 12.1 Å². The van der Waals surface area contributed by atoms with Gasteiger partial charge in [0.2, 0.25) is 15.9 Å². The number of amides is 1. The quantitative estimate of drug-likeness (QED) is 0.737. The normalized spacial score (nSPS) is 21.9. The minimum atomic E-state index is -3.49. The van der Waals surface area contributed by atoms with Crippen molar-refractivity contribution >= 4 is 15.9 Å². The number of rotatable bonds is 7. The van der Waals surface area contributed by atoms with E-state index in [0.29, 0.717) is 50.1 Å². The summed E-state index contributed by atoms with van der Waals surface area (Å²) in [5.74, 6) is 0.336. The zero-order chi connectivity index (χ0) is 20.1. The fourth-order valence-electron chi connectivity index (χ4n) is 3.59. The van der Waals surface area contributed by atoms with Crippen molar-refractivity contribution in [2.75, 3.05) is 45.9 Å². The Bertz CT molecular complexity index is 750. The summed E-state index contributed by atoms with van der Waals surface area (Å²) in [6.45, 7) is 7.69. The van der Waals surface area contributed by atoms with Crippen LogP contribution in [0.3, 0.4) is 0 Å². The number of ether oxygens (including phenoxy) is 1. The van der Waals surface area contributed by atoms with E-state index in [0.717, 1.165) is 25.0 Å². The second-order valence-corrected chi connectivity index (χ2v) is 9.78. The van der Waals surface area contributed by atoms with Crippen LogP contribution in [0.2, 0.25) is 0 Å². The molecule has 1 aromatic carbocycles. The number of hydrogen-bond acceptors (Lipinski definition) is 5. The molecule has 2 aliphatic rings. The molecule has 2 heterocycles. The van der Waals surface area contributed by atoms with Crippen LogP contribution in [0, 0.1) is 0 Å². The molecular weight excluding hydrogens is 378 g/mol. The SMILES string of the molecule is CC(C)c1ccc(S(=O)(=O)N2CCN(CC(=O)NC[C@H]3CCCO3)CC2)cc1. The fraction of sp³-hybridized carbons (Fsp3) is 0.650. The van der Waals surface area contributed by atoms with Crippen LogP contribution in [-0.2, 0) is 19.6 Å². The van der Waals surface area contributed by atoms with Crippen molar-refractivity contribution in [1.29, 1.82) is 0 Å². The van der Waals surface area contributed by atoms with Crippen LogP contribution >= 0.6 is 0 Å². The van der Waals surface area contributed by atoms with Gasteiger partial charge in [0.15, 0.2) is 0 Å². The maximum atomic E-state index is 12.9. The first-order valence-electron chi connectivity index (χ1n) is 10.1. The predicted molar refractivity (Wildman–Crippen MR) is 108 cm³/mol. The summed E-state index contributed by atoms with van der Waals surface area (Å²) >= 11 is 0. The number of piperazine rings is 1. The lowest BCUT2D eigenvalue weighted by Gasteiger charge is -2.33. The van der Waals surface area contributed by atoms with Crippen LogP contribution in [0.5, 0.6) is 0 Å². The lowest BCUT2D eigenvalue weighted by atomic mass is 10.0. The van der Waals surface area contributed by atoms with Gasteiger partial charge in [-0.15, -0.1) is 0 Å². The summed E-state index contributed by atoms with van der Waals surface area (Å²) in [4.78, 5) is 14.4. The van der Waals surface area contributed by atoms with E-state index < -0.39 is 10.0 Å². The molecule has 2 saturated heterocycles. The molecule has 1 atom stereocenters. The molecule has 28 heavy (non-hydrogen) atoms. The average molecular weight is 410 g/mol. The Labute approximate surface area is 168 Å². The van der Waals surface area contributed by atoms with Crippen molar-refractivity contribution in [3.63, 3.8) is 0 Å². The highest BCUT2D eigenvalue weighted by Crippen LogP contribution is 2.21. The highest BCUT2D eigenvalue weighted by molar-refractivity contribution is 7.89. The molecule has 0 aliphatic carbocycles. The number of hydrogen-bond donors (Lipinski definition) is 1. The zero-order valence-electron chi connectivity index (χ0n) is 16.8. The number of nitrogens with one attached hydrogen (secondary N) is 1. The molecule has 0 aromatic heterocycles. The van der Waals surface area contributed by atoms with E-state index in [9.17, 15) is 13.2 Å². The second-order valence-electron chi connectivity index (χ2n) is 7.84. The van der Waals surface area contributed by atoms with Crippen LogP contribution < -0.4 is 5.32 Å². The molecule has 2 aliphatic heterocycles. The minimum absolute atomic E-state index is 0.0314. The Kier molecular flexibility index (Phi) is 7.09. The standard InChI is InChI=1S/C20H31N3O4S/c1-16(2)17-5-7-19(8-6-17)28(25,26)23-11-9-22(10-12-23)15-20(24)21-14-18-4-3-13-27-18/h5-8,16,18H,3-4,9-15H2,1-2H3,(H,21,24)/t18-/m1/s1. The van der Waals surface area contributed by atoms with Crippen LogP contribution in [0.25, 0.3) is 0 Å². The van der Waals surface area contributed by atoms with Gasteiger partial charge in [-0.05, 0) is 36.5 Å². The van der Waals surface area contributed by atoms with Gasteiger partial charge in [0.05, 0.1) is 17.5 Å². The van der Waals surface area contributed by atoms with Gasteiger partial charge in [0.1, 0.15) is 0 Å². The molecule has 2 fully saturated rings. The Morgan fingerprint density at radius 1 is 1.18 bits per heavy atom. The third-order valence-corrected chi connectivity index (χ3v) is 7.35. The molecule has 0 saturated carbocycles. The fourth-order valence-corrected chi connectivity index (χ4v) is 5.02. The maximum absolute atomic E-state index is 12.9. The molecule has 7 nitrogen and oxygen atoms in total. The first-order chi connectivity index (χ1) is 13.4. The molecule has 0 bridgehead atoms. The Morgan fingerprint density at radius 2 is 1.86 bits per heavy atom. The number of carbonyl (C=O) groups excluding carboxylic acids is 1. The molecule has 1 N–H and O–H groups in total. The molecule has 156 valence electrons. The van der Waals surface area contributed by atoms with Gasteiger partial charge in [-0.25, -0.2) is 8.42 Å². The third kappa shape index (κ3) is 5.31. The molecule has 1 amide bonds. The van der Waals surface area contributed by atoms with Crippen molar-refractivity contribution in [3.05, 3.63) is 29.8 Å². The maximum Gasteiger partial charge on any atom is 0.243 e. The molecule has 0 radical (unpaired) electrons. The summed E-state index contributed by atoms with van der Waals surface area (Å²) in [5, 5.41) is 2.92. The Morgan fingerprint density at radius 3 is 2.43 bits per heavy atom. The van der Waals surface area contributed by atoms with Crippen LogP contribution in [0.15, 0.2) is 29.2 Å². The summed E-state index contributed by atoms with van der Waals surface area (Å²) in [7, 11) is -3.49. The van der Waals surface area contributed by atoms with Gasteiger partial charge in [-0.2, -0.15) is 4.31 Å². The first-order valence-corrected chi connectivity index (χ1v) is 11.5. The average Bonchev–Trinajstić information content (AvgIpc) is 3.20. The lowest BCUT2D eigenvalue weighted by molar-refractivity contribution is -0.123. The highest BCUT2D eigenvalue weighted by Gasteiger charge is 2.29. The Balaban J connectivity index is 1.47. The largest absolute Gasteiger partial charge is 0.376 e. The van der Waals surface area contributed by atoms with E-state index in [-0.39, 0.29) is 12.0 Å². The monoisotopic (exact) mass is 409 g/mol. The number of benzene rings is 1. The van der Waals surface area contributed by atoms with Crippen molar-refractivity contribution in [2.24, 2.45) is 0 Å². The van der Waals surface area contributed by atoms with E-state index >= 15 is 0 Å². The molecule has 3 rings (SSSR count). The second kappa shape index (κ2) is 9.35. The molecule has 1 aromatic rings. The van der Waals surface area contributed by atoms with E-state index in [1.807, 2.05) is 17.0 Å². The van der Waals surface area contributed by atoms with Crippen molar-refractivity contribution in [2.45, 2.75) is 43.6 Å². The van der Waals surface area contributed by atoms with Gasteiger partial charge >= 0.3 is 0 Å². The molecule has 0 unspecified atom stereocenters. The van der Waals surface area contributed by atoms with Gasteiger partial charge in [0, 0.05) is 39.3 Å². The molecule has 0 spiro atoms.